The third kappa shape index (κ3) is 2.99. The number of aromatic nitrogens is 4. The molecule has 0 aliphatic heterocycles. The van der Waals surface area contributed by atoms with Gasteiger partial charge in [0.1, 0.15) is 11.3 Å². The molecule has 0 unspecified atom stereocenters. The van der Waals surface area contributed by atoms with Crippen molar-refractivity contribution >= 4 is 22.8 Å². The lowest BCUT2D eigenvalue weighted by molar-refractivity contribution is 0.141. The standard InChI is InChI=1S/C14H23ClN4O/c1-4-11-13-14(18(3)17-11)19(9-6-10-20-5-2)12(16-13)7-8-15/h4-10H2,1-3H3. The Morgan fingerprint density at radius 2 is 2.10 bits per heavy atom. The fourth-order valence-electron chi connectivity index (χ4n) is 2.50. The summed E-state index contributed by atoms with van der Waals surface area (Å²) in [5, 5.41) is 4.54. The normalized spacial score (nSPS) is 11.6. The van der Waals surface area contributed by atoms with Crippen molar-refractivity contribution in [1.29, 1.82) is 0 Å². The molecular weight excluding hydrogens is 276 g/mol. The average molecular weight is 299 g/mol. The van der Waals surface area contributed by atoms with Crippen LogP contribution in [0.2, 0.25) is 0 Å². The van der Waals surface area contributed by atoms with E-state index in [1.54, 1.807) is 0 Å². The first-order chi connectivity index (χ1) is 9.72. The molecule has 0 amide bonds. The van der Waals surface area contributed by atoms with Gasteiger partial charge in [0.05, 0.1) is 5.69 Å². The van der Waals surface area contributed by atoms with Gasteiger partial charge in [0.25, 0.3) is 0 Å². The van der Waals surface area contributed by atoms with Crippen molar-refractivity contribution in [2.45, 2.75) is 39.7 Å². The SMILES string of the molecule is CCOCCCn1c(CCCl)nc2c(CC)nn(C)c21. The van der Waals surface area contributed by atoms with E-state index in [1.165, 1.54) is 0 Å². The van der Waals surface area contributed by atoms with Crippen molar-refractivity contribution < 1.29 is 4.74 Å². The summed E-state index contributed by atoms with van der Waals surface area (Å²) in [5.41, 5.74) is 3.17. The molecule has 112 valence electrons. The second-order valence-corrected chi connectivity index (χ2v) is 5.14. The summed E-state index contributed by atoms with van der Waals surface area (Å²) in [6.45, 7) is 6.56. The van der Waals surface area contributed by atoms with Gasteiger partial charge < -0.3 is 9.30 Å². The highest BCUT2D eigenvalue weighted by Crippen LogP contribution is 2.21. The topological polar surface area (TPSA) is 44.9 Å². The first-order valence-electron chi connectivity index (χ1n) is 7.27. The Morgan fingerprint density at radius 1 is 1.30 bits per heavy atom. The molecule has 0 spiro atoms. The number of hydrogen-bond acceptors (Lipinski definition) is 3. The molecule has 20 heavy (non-hydrogen) atoms. The minimum atomic E-state index is 0.587. The summed E-state index contributed by atoms with van der Waals surface area (Å²) in [7, 11) is 1.98. The maximum Gasteiger partial charge on any atom is 0.158 e. The summed E-state index contributed by atoms with van der Waals surface area (Å²) in [6.07, 6.45) is 2.66. The van der Waals surface area contributed by atoms with Crippen LogP contribution in [0, 0.1) is 0 Å². The van der Waals surface area contributed by atoms with E-state index in [0.29, 0.717) is 5.88 Å². The van der Waals surface area contributed by atoms with Crippen LogP contribution in [-0.4, -0.2) is 38.4 Å². The van der Waals surface area contributed by atoms with Gasteiger partial charge in [-0.1, -0.05) is 6.92 Å². The van der Waals surface area contributed by atoms with E-state index in [9.17, 15) is 0 Å². The van der Waals surface area contributed by atoms with Crippen LogP contribution < -0.4 is 0 Å². The second kappa shape index (κ2) is 7.09. The van der Waals surface area contributed by atoms with Gasteiger partial charge in [-0.2, -0.15) is 5.10 Å². The molecule has 0 radical (unpaired) electrons. The number of rotatable bonds is 8. The first-order valence-corrected chi connectivity index (χ1v) is 7.81. The van der Waals surface area contributed by atoms with Crippen LogP contribution in [0.25, 0.3) is 11.2 Å². The molecule has 6 heteroatoms. The summed E-state index contributed by atoms with van der Waals surface area (Å²) in [5.74, 6) is 1.64. The predicted molar refractivity (Wildman–Crippen MR) is 81.4 cm³/mol. The number of ether oxygens (including phenoxy) is 1. The monoisotopic (exact) mass is 298 g/mol. The molecule has 2 heterocycles. The van der Waals surface area contributed by atoms with Crippen molar-refractivity contribution in [2.24, 2.45) is 7.05 Å². The van der Waals surface area contributed by atoms with Crippen LogP contribution in [-0.2, 0) is 31.2 Å². The quantitative estimate of drug-likeness (QED) is 0.556. The van der Waals surface area contributed by atoms with Gasteiger partial charge in [-0.3, -0.25) is 4.68 Å². The van der Waals surface area contributed by atoms with Gasteiger partial charge in [0, 0.05) is 39.1 Å². The van der Waals surface area contributed by atoms with Crippen molar-refractivity contribution in [1.82, 2.24) is 19.3 Å². The molecule has 0 N–H and O–H groups in total. The zero-order chi connectivity index (χ0) is 14.5. The fraction of sp³-hybridized carbons (Fsp3) is 0.714. The van der Waals surface area contributed by atoms with Crippen LogP contribution in [0.5, 0.6) is 0 Å². The molecule has 0 aliphatic carbocycles. The molecule has 2 rings (SSSR count). The number of halogens is 1. The fourth-order valence-corrected chi connectivity index (χ4v) is 2.67. The minimum absolute atomic E-state index is 0.587. The lowest BCUT2D eigenvalue weighted by Crippen LogP contribution is -2.10. The summed E-state index contributed by atoms with van der Waals surface area (Å²) in [6, 6.07) is 0. The van der Waals surface area contributed by atoms with Crippen LogP contribution in [0.4, 0.5) is 0 Å². The average Bonchev–Trinajstić information content (AvgIpc) is 2.94. The maximum atomic E-state index is 5.90. The van der Waals surface area contributed by atoms with Gasteiger partial charge in [0.15, 0.2) is 5.65 Å². The third-order valence-electron chi connectivity index (χ3n) is 3.40. The Balaban J connectivity index is 2.32. The number of hydrogen-bond donors (Lipinski definition) is 0. The summed E-state index contributed by atoms with van der Waals surface area (Å²) < 4.78 is 9.59. The molecule has 0 fully saturated rings. The lowest BCUT2D eigenvalue weighted by Gasteiger charge is -2.09. The van der Waals surface area contributed by atoms with Gasteiger partial charge >= 0.3 is 0 Å². The number of imidazole rings is 1. The number of fused-ring (bicyclic) bond motifs is 1. The second-order valence-electron chi connectivity index (χ2n) is 4.77. The molecule has 0 saturated heterocycles. The molecule has 0 atom stereocenters. The van der Waals surface area contributed by atoms with E-state index in [0.717, 1.165) is 61.7 Å². The minimum Gasteiger partial charge on any atom is -0.382 e. The highest BCUT2D eigenvalue weighted by Gasteiger charge is 2.17. The van der Waals surface area contributed by atoms with E-state index >= 15 is 0 Å². The van der Waals surface area contributed by atoms with Gasteiger partial charge in [-0.25, -0.2) is 4.98 Å². The van der Waals surface area contributed by atoms with Gasteiger partial charge in [-0.05, 0) is 19.8 Å². The number of alkyl halides is 1. The van der Waals surface area contributed by atoms with E-state index in [2.05, 4.69) is 16.6 Å². The van der Waals surface area contributed by atoms with Crippen molar-refractivity contribution in [3.63, 3.8) is 0 Å². The van der Waals surface area contributed by atoms with Gasteiger partial charge in [0.2, 0.25) is 0 Å². The molecule has 0 aromatic carbocycles. The molecule has 2 aromatic heterocycles. The molecule has 2 aromatic rings. The zero-order valence-corrected chi connectivity index (χ0v) is 13.3. The van der Waals surface area contributed by atoms with E-state index < -0.39 is 0 Å². The Kier molecular flexibility index (Phi) is 5.43. The largest absolute Gasteiger partial charge is 0.382 e. The number of aryl methyl sites for hydroxylation is 4. The van der Waals surface area contributed by atoms with Crippen molar-refractivity contribution in [3.8, 4) is 0 Å². The third-order valence-corrected chi connectivity index (χ3v) is 3.59. The Morgan fingerprint density at radius 3 is 2.75 bits per heavy atom. The Labute approximate surface area is 124 Å². The van der Waals surface area contributed by atoms with Crippen LogP contribution in [0.15, 0.2) is 0 Å². The maximum absolute atomic E-state index is 5.90. The van der Waals surface area contributed by atoms with Crippen LogP contribution in [0.1, 0.15) is 31.8 Å². The highest BCUT2D eigenvalue weighted by molar-refractivity contribution is 6.17. The van der Waals surface area contributed by atoms with E-state index in [-0.39, 0.29) is 0 Å². The molecular formula is C14H23ClN4O. The molecule has 0 bridgehead atoms. The molecule has 0 aliphatic rings. The Bertz CT molecular complexity index is 561. The van der Waals surface area contributed by atoms with Gasteiger partial charge in [-0.15, -0.1) is 11.6 Å². The lowest BCUT2D eigenvalue weighted by atomic mass is 10.3. The van der Waals surface area contributed by atoms with Crippen molar-refractivity contribution in [3.05, 3.63) is 11.5 Å². The number of nitrogens with zero attached hydrogens (tertiary/aromatic N) is 4. The van der Waals surface area contributed by atoms with Crippen molar-refractivity contribution in [2.75, 3.05) is 19.1 Å². The Hall–Kier alpha value is -1.07. The summed E-state index contributed by atoms with van der Waals surface area (Å²) >= 11 is 5.90. The van der Waals surface area contributed by atoms with Crippen LogP contribution >= 0.6 is 11.6 Å². The highest BCUT2D eigenvalue weighted by atomic mass is 35.5. The first kappa shape index (κ1) is 15.3. The zero-order valence-electron chi connectivity index (χ0n) is 12.5. The van der Waals surface area contributed by atoms with E-state index in [4.69, 9.17) is 21.3 Å². The molecule has 0 saturated carbocycles. The summed E-state index contributed by atoms with van der Waals surface area (Å²) in [4.78, 5) is 4.75. The molecule has 5 nitrogen and oxygen atoms in total. The van der Waals surface area contributed by atoms with E-state index in [1.807, 2.05) is 18.7 Å². The smallest absolute Gasteiger partial charge is 0.158 e. The predicted octanol–water partition coefficient (Wildman–Crippen LogP) is 2.54. The van der Waals surface area contributed by atoms with Crippen LogP contribution in [0.3, 0.4) is 0 Å².